The number of nitrogens with one attached hydrogen (secondary N) is 1. The first-order chi connectivity index (χ1) is 10.5. The Hall–Kier alpha value is -1.59. The Kier molecular flexibility index (Phi) is 5.80. The van der Waals surface area contributed by atoms with E-state index in [1.165, 1.54) is 12.1 Å². The Morgan fingerprint density at radius 2 is 2.14 bits per heavy atom. The van der Waals surface area contributed by atoms with E-state index in [1.54, 1.807) is 18.2 Å². The van der Waals surface area contributed by atoms with Gasteiger partial charge in [0.25, 0.3) is 5.91 Å². The zero-order valence-electron chi connectivity index (χ0n) is 11.8. The molecule has 0 bridgehead atoms. The summed E-state index contributed by atoms with van der Waals surface area (Å²) in [6.07, 6.45) is 0. The molecule has 2 aromatic carbocycles. The molecule has 0 aliphatic carbocycles. The average molecular weight is 387 g/mol. The summed E-state index contributed by atoms with van der Waals surface area (Å²) in [6, 6.07) is 11.4. The topological polar surface area (TPSA) is 38.3 Å². The Morgan fingerprint density at radius 1 is 1.36 bits per heavy atom. The molecule has 0 spiro atoms. The van der Waals surface area contributed by atoms with Crippen molar-refractivity contribution < 1.29 is 13.9 Å². The maximum atomic E-state index is 13.6. The van der Waals surface area contributed by atoms with Crippen molar-refractivity contribution in [3.8, 4) is 5.75 Å². The first-order valence-corrected chi connectivity index (χ1v) is 7.75. The first-order valence-electron chi connectivity index (χ1n) is 6.58. The average Bonchev–Trinajstić information content (AvgIpc) is 2.46. The van der Waals surface area contributed by atoms with E-state index in [9.17, 15) is 9.18 Å². The van der Waals surface area contributed by atoms with Gasteiger partial charge in [-0.15, -0.1) is 0 Å². The summed E-state index contributed by atoms with van der Waals surface area (Å²) in [7, 11) is 0. The molecule has 0 aromatic heterocycles. The molecular formula is C16H14BrClFNO2. The van der Waals surface area contributed by atoms with Crippen LogP contribution in [0.2, 0.25) is 5.02 Å². The van der Waals surface area contributed by atoms with Crippen LogP contribution in [-0.4, -0.2) is 12.5 Å². The van der Waals surface area contributed by atoms with Crippen LogP contribution >= 0.6 is 27.5 Å². The van der Waals surface area contributed by atoms with E-state index in [-0.39, 0.29) is 24.3 Å². The molecule has 2 aromatic rings. The molecule has 6 heteroatoms. The van der Waals surface area contributed by atoms with Crippen LogP contribution in [0.4, 0.5) is 4.39 Å². The summed E-state index contributed by atoms with van der Waals surface area (Å²) in [5, 5.41) is 3.37. The molecular weight excluding hydrogens is 373 g/mol. The second kappa shape index (κ2) is 7.61. The SMILES string of the molecule is C[C@@H](NC(=O)COc1ccc(Br)cc1F)c1cccc(Cl)c1. The van der Waals surface area contributed by atoms with Crippen molar-refractivity contribution in [1.82, 2.24) is 5.32 Å². The molecule has 0 unspecified atom stereocenters. The quantitative estimate of drug-likeness (QED) is 0.822. The fourth-order valence-corrected chi connectivity index (χ4v) is 2.41. The third-order valence-electron chi connectivity index (χ3n) is 2.98. The summed E-state index contributed by atoms with van der Waals surface area (Å²) >= 11 is 9.07. The van der Waals surface area contributed by atoms with E-state index in [1.807, 2.05) is 19.1 Å². The lowest BCUT2D eigenvalue weighted by atomic mass is 10.1. The summed E-state index contributed by atoms with van der Waals surface area (Å²) in [5.41, 5.74) is 0.885. The molecule has 0 aliphatic rings. The van der Waals surface area contributed by atoms with Crippen LogP contribution in [0.1, 0.15) is 18.5 Å². The number of carbonyl (C=O) groups excluding carboxylic acids is 1. The van der Waals surface area contributed by atoms with E-state index in [0.29, 0.717) is 9.50 Å². The van der Waals surface area contributed by atoms with E-state index >= 15 is 0 Å². The van der Waals surface area contributed by atoms with Gasteiger partial charge in [-0.2, -0.15) is 0 Å². The van der Waals surface area contributed by atoms with Crippen molar-refractivity contribution in [2.24, 2.45) is 0 Å². The molecule has 22 heavy (non-hydrogen) atoms. The molecule has 1 atom stereocenters. The highest BCUT2D eigenvalue weighted by atomic mass is 79.9. The minimum atomic E-state index is -0.523. The number of carbonyl (C=O) groups is 1. The van der Waals surface area contributed by atoms with Crippen molar-refractivity contribution in [2.75, 3.05) is 6.61 Å². The molecule has 0 radical (unpaired) electrons. The van der Waals surface area contributed by atoms with Crippen LogP contribution in [0.25, 0.3) is 0 Å². The Balaban J connectivity index is 1.90. The van der Waals surface area contributed by atoms with Gasteiger partial charge in [-0.3, -0.25) is 4.79 Å². The van der Waals surface area contributed by atoms with Gasteiger partial charge in [-0.25, -0.2) is 4.39 Å². The number of hydrogen-bond acceptors (Lipinski definition) is 2. The highest BCUT2D eigenvalue weighted by Crippen LogP contribution is 2.21. The summed E-state index contributed by atoms with van der Waals surface area (Å²) in [6.45, 7) is 1.58. The first kappa shape index (κ1) is 16.8. The lowest BCUT2D eigenvalue weighted by Crippen LogP contribution is -2.31. The highest BCUT2D eigenvalue weighted by molar-refractivity contribution is 9.10. The monoisotopic (exact) mass is 385 g/mol. The molecule has 0 fully saturated rings. The standard InChI is InChI=1S/C16H14BrClFNO2/c1-10(11-3-2-4-13(18)7-11)20-16(21)9-22-15-6-5-12(17)8-14(15)19/h2-8,10H,9H2,1H3,(H,20,21)/t10-/m1/s1. The van der Waals surface area contributed by atoms with Crippen LogP contribution < -0.4 is 10.1 Å². The van der Waals surface area contributed by atoms with Crippen molar-refractivity contribution in [2.45, 2.75) is 13.0 Å². The fraction of sp³-hybridized carbons (Fsp3) is 0.188. The molecule has 1 N–H and O–H groups in total. The lowest BCUT2D eigenvalue weighted by Gasteiger charge is -2.15. The van der Waals surface area contributed by atoms with Crippen molar-refractivity contribution in [3.05, 3.63) is 63.3 Å². The largest absolute Gasteiger partial charge is 0.481 e. The van der Waals surface area contributed by atoms with Gasteiger partial charge in [-0.1, -0.05) is 39.7 Å². The summed E-state index contributed by atoms with van der Waals surface area (Å²) in [4.78, 5) is 11.9. The molecule has 1 amide bonds. The minimum absolute atomic E-state index is 0.0359. The number of ether oxygens (including phenoxy) is 1. The normalized spacial score (nSPS) is 11.8. The van der Waals surface area contributed by atoms with E-state index in [0.717, 1.165) is 5.56 Å². The van der Waals surface area contributed by atoms with Crippen molar-refractivity contribution in [3.63, 3.8) is 0 Å². The second-order valence-electron chi connectivity index (χ2n) is 4.71. The molecule has 2 rings (SSSR count). The molecule has 0 aliphatic heterocycles. The van der Waals surface area contributed by atoms with Crippen LogP contribution in [0.3, 0.4) is 0 Å². The van der Waals surface area contributed by atoms with Gasteiger partial charge in [-0.05, 0) is 42.8 Å². The molecule has 0 saturated carbocycles. The molecule has 116 valence electrons. The Morgan fingerprint density at radius 3 is 2.82 bits per heavy atom. The lowest BCUT2D eigenvalue weighted by molar-refractivity contribution is -0.123. The molecule has 3 nitrogen and oxygen atoms in total. The zero-order chi connectivity index (χ0) is 16.1. The van der Waals surface area contributed by atoms with Gasteiger partial charge in [0.2, 0.25) is 0 Å². The zero-order valence-corrected chi connectivity index (χ0v) is 14.1. The summed E-state index contributed by atoms with van der Waals surface area (Å²) < 4.78 is 19.4. The molecule has 0 heterocycles. The summed E-state index contributed by atoms with van der Waals surface area (Å²) in [5.74, 6) is -0.825. The van der Waals surface area contributed by atoms with Gasteiger partial charge >= 0.3 is 0 Å². The number of hydrogen-bond donors (Lipinski definition) is 1. The van der Waals surface area contributed by atoms with Gasteiger partial charge in [0, 0.05) is 9.50 Å². The van der Waals surface area contributed by atoms with Crippen molar-refractivity contribution >= 4 is 33.4 Å². The third-order valence-corrected chi connectivity index (χ3v) is 3.71. The van der Waals surface area contributed by atoms with Gasteiger partial charge < -0.3 is 10.1 Å². The predicted octanol–water partition coefficient (Wildman–Crippen LogP) is 4.50. The number of benzene rings is 2. The minimum Gasteiger partial charge on any atom is -0.481 e. The maximum Gasteiger partial charge on any atom is 0.258 e. The highest BCUT2D eigenvalue weighted by Gasteiger charge is 2.12. The van der Waals surface area contributed by atoms with Gasteiger partial charge in [0.15, 0.2) is 18.2 Å². The van der Waals surface area contributed by atoms with E-state index in [2.05, 4.69) is 21.2 Å². The Labute approximate surface area is 141 Å². The van der Waals surface area contributed by atoms with E-state index in [4.69, 9.17) is 16.3 Å². The smallest absolute Gasteiger partial charge is 0.258 e. The Bertz CT molecular complexity index is 681. The number of rotatable bonds is 5. The fourth-order valence-electron chi connectivity index (χ4n) is 1.88. The van der Waals surface area contributed by atoms with Gasteiger partial charge in [0.1, 0.15) is 0 Å². The van der Waals surface area contributed by atoms with E-state index < -0.39 is 5.82 Å². The van der Waals surface area contributed by atoms with Crippen LogP contribution in [0, 0.1) is 5.82 Å². The van der Waals surface area contributed by atoms with Crippen LogP contribution in [0.15, 0.2) is 46.9 Å². The van der Waals surface area contributed by atoms with Crippen molar-refractivity contribution in [1.29, 1.82) is 0 Å². The second-order valence-corrected chi connectivity index (χ2v) is 6.06. The number of halogens is 3. The maximum absolute atomic E-state index is 13.6. The van der Waals surface area contributed by atoms with Gasteiger partial charge in [0.05, 0.1) is 6.04 Å². The van der Waals surface area contributed by atoms with Crippen LogP contribution in [-0.2, 0) is 4.79 Å². The molecule has 0 saturated heterocycles. The van der Waals surface area contributed by atoms with Crippen LogP contribution in [0.5, 0.6) is 5.75 Å². The predicted molar refractivity (Wildman–Crippen MR) is 87.6 cm³/mol. The number of amides is 1. The third kappa shape index (κ3) is 4.71.